The molecule has 1 aliphatic carbocycles. The Morgan fingerprint density at radius 1 is 0.416 bits per heavy atom. The number of hydrogen-bond donors (Lipinski definition) is 1. The highest BCUT2D eigenvalue weighted by atomic mass is 19.4. The Kier molecular flexibility index (Phi) is 77.2. The number of halogens is 5. The number of allylic oxidation sites excluding steroid dienone is 2. The fourth-order valence-corrected chi connectivity index (χ4v) is 17.4. The average Bonchev–Trinajstić information content (AvgIpc) is 1.65. The summed E-state index contributed by atoms with van der Waals surface area (Å²) < 4.78 is 69.8. The van der Waals surface area contributed by atoms with Gasteiger partial charge in [-0.1, -0.05) is 324 Å². The molecule has 7 aliphatic heterocycles. The lowest BCUT2D eigenvalue weighted by Gasteiger charge is -2.37. The van der Waals surface area contributed by atoms with E-state index in [4.69, 9.17) is 14.6 Å². The van der Waals surface area contributed by atoms with Crippen molar-refractivity contribution in [1.29, 1.82) is 0 Å². The average molecular weight is 1940 g/mol. The number of ether oxygens (including phenoxy) is 2. The summed E-state index contributed by atoms with van der Waals surface area (Å²) in [5, 5.41) is 8.53. The molecule has 3 amide bonds. The van der Waals surface area contributed by atoms with Crippen LogP contribution in [0.2, 0.25) is 0 Å². The first-order chi connectivity index (χ1) is 64.3. The first-order valence-corrected chi connectivity index (χ1v) is 55.1. The van der Waals surface area contributed by atoms with E-state index in [9.17, 15) is 36.3 Å². The zero-order chi connectivity index (χ0) is 104. The molecule has 8 aliphatic rings. The number of piperidine rings is 2. The first kappa shape index (κ1) is 134. The highest BCUT2D eigenvalue weighted by Gasteiger charge is 2.41. The van der Waals surface area contributed by atoms with Crippen LogP contribution in [0.3, 0.4) is 0 Å². The van der Waals surface area contributed by atoms with Gasteiger partial charge in [-0.2, -0.15) is 13.2 Å². The SMILES string of the molecule is C=C(CC(C)C)N1CCCC1.C=C(O)CC(C)C.CC(C)CC(=O)N1CCCC1C1CC1.CC(C)CC(=O)N1CCCC1C1COC1.CC(C)CC(=O)N1CCCC1c1ccccc1.CC(C)CC(C)C.CC(C)CCC(F)(F)F.CC(C)CCN1CCC(F)(F)CC1.CC(C)CCN1CCCCC1.CC(C)CCc1ccccc1.CC(C)Cc1ccccc1.CCCC(C)C.COCC(C)C. The van der Waals surface area contributed by atoms with Crippen LogP contribution >= 0.6 is 0 Å². The number of aryl methyl sites for hydroxylation is 1. The van der Waals surface area contributed by atoms with Gasteiger partial charge >= 0.3 is 6.18 Å². The van der Waals surface area contributed by atoms with Gasteiger partial charge in [-0.15, -0.1) is 0 Å². The maximum absolute atomic E-state index is 12.7. The molecule has 3 unspecified atom stereocenters. The normalized spacial score (nSPS) is 18.0. The van der Waals surface area contributed by atoms with Crippen LogP contribution in [0.15, 0.2) is 116 Å². The van der Waals surface area contributed by atoms with Crippen LogP contribution in [-0.2, 0) is 36.7 Å². The summed E-state index contributed by atoms with van der Waals surface area (Å²) >= 11 is 0. The van der Waals surface area contributed by atoms with Gasteiger partial charge in [-0.25, -0.2) is 8.78 Å². The van der Waals surface area contributed by atoms with Crippen LogP contribution in [0.5, 0.6) is 0 Å². The van der Waals surface area contributed by atoms with E-state index in [0.717, 1.165) is 125 Å². The van der Waals surface area contributed by atoms with E-state index in [1.54, 1.807) is 21.0 Å². The lowest BCUT2D eigenvalue weighted by atomic mass is 9.95. The van der Waals surface area contributed by atoms with E-state index in [0.29, 0.717) is 103 Å². The Bertz CT molecular complexity index is 3310. The van der Waals surface area contributed by atoms with Crippen molar-refractivity contribution in [2.45, 2.75) is 424 Å². The second-order valence-electron chi connectivity index (χ2n) is 46.3. The maximum Gasteiger partial charge on any atom is 0.389 e. The van der Waals surface area contributed by atoms with E-state index < -0.39 is 18.5 Å². The van der Waals surface area contributed by atoms with Crippen molar-refractivity contribution in [2.24, 2.45) is 94.7 Å². The second kappa shape index (κ2) is 79.1. The van der Waals surface area contributed by atoms with Crippen LogP contribution in [0, 0.1) is 94.7 Å². The standard InChI is InChI=1S/C15H21NO.C12H21NO2.C12H21NO.C11H16.C10H19F2N.C10H19N.C10H21N.C10H14.C7H16.C6H11F3.C6H12O.C6H14.C5H12O/c1-12(2)11-15(17)16-10-6-9-14(16)13-7-4-3-5-8-13;1-9(2)6-12(14)13-5-3-4-11(13)10-7-15-8-10;1-9(2)8-12(14)13-7-3-4-11(13)10-5-6-10;1-10(2)8-9-11-6-4-3-5-7-11;1-9(2)3-6-13-7-4-10(11,12)5-8-13;1-9(2)8-10(3)11-6-4-5-7-11;1-10(2)6-9-11-7-4-3-5-8-11;1-9(2)8-10-6-4-3-5-7-10;1-6(2)5-7(3)4;1-5(2)3-4-6(7,8)9;1-5(2)4-6(3)7;1-4-5-6(2)3;1-5(2)4-6-3/h3-5,7-8,12,14H,6,9-11H2,1-2H3;9-11H,3-8H2,1-2H3;9-11H,3-8H2,1-2H3;3-7,10H,8-9H2,1-2H3;9H,3-8H2,1-2H3;9H,3-8H2,1-2H3;10H,3-9H2,1-2H3;3-7,9H,8H2,1-2H3;6-7H,5H2,1-4H3;5H,3-4H2,1-2H3;5,7H,3-4H2,1-2H3;6H,4-5H2,1-3H3;5H,4H2,1-3H3. The molecule has 12 nitrogen and oxygen atoms in total. The van der Waals surface area contributed by atoms with E-state index >= 15 is 0 Å². The molecule has 17 heteroatoms. The van der Waals surface area contributed by atoms with Crippen molar-refractivity contribution < 1.29 is 50.9 Å². The van der Waals surface area contributed by atoms with Crippen molar-refractivity contribution in [1.82, 2.24) is 29.4 Å². The Hall–Kier alpha value is -5.36. The number of rotatable bonds is 33. The van der Waals surface area contributed by atoms with Crippen LogP contribution in [0.25, 0.3) is 0 Å². The van der Waals surface area contributed by atoms with Crippen molar-refractivity contribution >= 4 is 17.7 Å². The minimum Gasteiger partial charge on any atom is -0.513 e. The van der Waals surface area contributed by atoms with Gasteiger partial charge in [0, 0.05) is 128 Å². The third-order valence-electron chi connectivity index (χ3n) is 24.7. The molecule has 0 bridgehead atoms. The van der Waals surface area contributed by atoms with Gasteiger partial charge < -0.3 is 44.0 Å². The zero-order valence-electron chi connectivity index (χ0n) is 94.2. The summed E-state index contributed by atoms with van der Waals surface area (Å²) in [6.45, 7) is 84.4. The molecule has 798 valence electrons. The van der Waals surface area contributed by atoms with Crippen LogP contribution in [0.1, 0.15) is 403 Å². The molecular weight excluding hydrogens is 1720 g/mol. The largest absolute Gasteiger partial charge is 0.513 e. The zero-order valence-corrected chi connectivity index (χ0v) is 94.2. The first-order valence-electron chi connectivity index (χ1n) is 55.1. The summed E-state index contributed by atoms with van der Waals surface area (Å²) in [7, 11) is 1.72. The highest BCUT2D eigenvalue weighted by Crippen LogP contribution is 2.41. The molecule has 7 saturated heterocycles. The topological polar surface area (TPSA) is 109 Å². The third kappa shape index (κ3) is 76.9. The number of amides is 3. The number of carbonyl (C=O) groups is 3. The van der Waals surface area contributed by atoms with Gasteiger partial charge in [-0.05, 0) is 260 Å². The minimum absolute atomic E-state index is 0.0467. The summed E-state index contributed by atoms with van der Waals surface area (Å²) in [6.07, 6.45) is 26.8. The molecular formula is C120H217F5N6O6. The molecule has 3 aromatic rings. The van der Waals surface area contributed by atoms with E-state index in [1.807, 2.05) is 19.9 Å². The predicted molar refractivity (Wildman–Crippen MR) is 581 cm³/mol. The maximum atomic E-state index is 12.7. The van der Waals surface area contributed by atoms with E-state index in [1.165, 1.54) is 177 Å². The second-order valence-corrected chi connectivity index (χ2v) is 46.3. The summed E-state index contributed by atoms with van der Waals surface area (Å²) in [6, 6.07) is 33.1. The van der Waals surface area contributed by atoms with Gasteiger partial charge in [0.1, 0.15) is 0 Å². The Morgan fingerprint density at radius 3 is 1.12 bits per heavy atom. The number of benzene rings is 3. The van der Waals surface area contributed by atoms with Gasteiger partial charge in [0.2, 0.25) is 17.7 Å². The molecule has 1 N–H and O–H groups in total. The summed E-state index contributed by atoms with van der Waals surface area (Å²) in [4.78, 5) is 49.6. The number of likely N-dealkylation sites (tertiary alicyclic amines) is 6. The van der Waals surface area contributed by atoms with E-state index in [-0.39, 0.29) is 30.9 Å². The fourth-order valence-electron chi connectivity index (χ4n) is 17.4. The number of aliphatic hydroxyl groups excluding tert-OH is 1. The summed E-state index contributed by atoms with van der Waals surface area (Å²) in [5.74, 6) is 9.70. The molecule has 8 fully saturated rings. The molecule has 137 heavy (non-hydrogen) atoms. The predicted octanol–water partition coefficient (Wildman–Crippen LogP) is 33.1. The van der Waals surface area contributed by atoms with Gasteiger partial charge in [0.15, 0.2) is 0 Å². The Labute approximate surface area is 842 Å². The number of aliphatic hydroxyl groups is 1. The quantitative estimate of drug-likeness (QED) is 0.0471. The van der Waals surface area contributed by atoms with Crippen LogP contribution < -0.4 is 0 Å². The fraction of sp³-hybridized carbons (Fsp3) is 0.792. The molecule has 3 aromatic carbocycles. The monoisotopic (exact) mass is 1930 g/mol. The smallest absolute Gasteiger partial charge is 0.389 e. The number of nitrogens with zero attached hydrogens (tertiary/aromatic N) is 6. The number of hydrogen-bond acceptors (Lipinski definition) is 9. The molecule has 11 rings (SSSR count). The number of methoxy groups -OCH3 is 1. The van der Waals surface area contributed by atoms with Gasteiger partial charge in [-0.3, -0.25) is 14.4 Å². The van der Waals surface area contributed by atoms with Gasteiger partial charge in [0.25, 0.3) is 5.92 Å². The summed E-state index contributed by atoms with van der Waals surface area (Å²) in [5.41, 5.74) is 5.53. The molecule has 0 spiro atoms. The lowest BCUT2D eigenvalue weighted by Crippen LogP contribution is -2.47. The Balaban J connectivity index is 0. The van der Waals surface area contributed by atoms with Crippen molar-refractivity contribution in [2.75, 3.05) is 98.9 Å². The molecule has 0 radical (unpaired) electrons. The van der Waals surface area contributed by atoms with E-state index in [2.05, 4.69) is 301 Å². The molecule has 3 atom stereocenters. The van der Waals surface area contributed by atoms with Crippen molar-refractivity contribution in [3.8, 4) is 0 Å². The molecule has 0 aromatic heterocycles. The van der Waals surface area contributed by atoms with Crippen LogP contribution in [0.4, 0.5) is 22.0 Å². The van der Waals surface area contributed by atoms with Crippen molar-refractivity contribution in [3.63, 3.8) is 0 Å². The highest BCUT2D eigenvalue weighted by molar-refractivity contribution is 5.78. The van der Waals surface area contributed by atoms with Crippen molar-refractivity contribution in [3.05, 3.63) is 132 Å². The Morgan fingerprint density at radius 2 is 0.803 bits per heavy atom. The number of carbonyl (C=O) groups excluding carboxylic acids is 3. The lowest BCUT2D eigenvalue weighted by molar-refractivity contribution is -0.138. The molecule has 1 saturated carbocycles. The van der Waals surface area contributed by atoms with Crippen LogP contribution in [-0.4, -0.2) is 175 Å². The number of alkyl halides is 5. The molecule has 7 heterocycles. The van der Waals surface area contributed by atoms with Gasteiger partial charge in [0.05, 0.1) is 25.0 Å². The minimum atomic E-state index is -3.97. The third-order valence-corrected chi connectivity index (χ3v) is 24.7.